The molecule has 0 saturated carbocycles. The van der Waals surface area contributed by atoms with E-state index in [9.17, 15) is 5.11 Å². The van der Waals surface area contributed by atoms with Crippen molar-refractivity contribution in [3.05, 3.63) is 17.3 Å². The van der Waals surface area contributed by atoms with Gasteiger partial charge < -0.3 is 19.3 Å². The lowest BCUT2D eigenvalue weighted by molar-refractivity contribution is -0.169. The first-order valence-corrected chi connectivity index (χ1v) is 6.07. The summed E-state index contributed by atoms with van der Waals surface area (Å²) in [4.78, 5) is 0. The van der Waals surface area contributed by atoms with Crippen molar-refractivity contribution < 1.29 is 19.3 Å². The van der Waals surface area contributed by atoms with E-state index in [4.69, 9.17) is 14.2 Å². The largest absolute Gasteiger partial charge is 0.480 e. The molecule has 1 fully saturated rings. The Morgan fingerprint density at radius 1 is 1.44 bits per heavy atom. The van der Waals surface area contributed by atoms with Gasteiger partial charge in [0.25, 0.3) is 0 Å². The quantitative estimate of drug-likeness (QED) is 0.845. The van der Waals surface area contributed by atoms with Crippen molar-refractivity contribution in [1.29, 1.82) is 0 Å². The highest BCUT2D eigenvalue weighted by Gasteiger charge is 2.15. The van der Waals surface area contributed by atoms with Crippen molar-refractivity contribution in [2.24, 2.45) is 0 Å². The SMILES string of the molecule is COc1nnc(COC2CCCCO2)cc1CO. The number of rotatable bonds is 5. The third-order valence-corrected chi connectivity index (χ3v) is 2.80. The first kappa shape index (κ1) is 13.2. The predicted octanol–water partition coefficient (Wildman–Crippen LogP) is 1.02. The number of hydrogen-bond donors (Lipinski definition) is 1. The van der Waals surface area contributed by atoms with Crippen molar-refractivity contribution >= 4 is 0 Å². The fourth-order valence-corrected chi connectivity index (χ4v) is 1.84. The van der Waals surface area contributed by atoms with E-state index >= 15 is 0 Å². The van der Waals surface area contributed by atoms with Gasteiger partial charge in [0.2, 0.25) is 5.88 Å². The highest BCUT2D eigenvalue weighted by molar-refractivity contribution is 5.25. The van der Waals surface area contributed by atoms with Crippen LogP contribution >= 0.6 is 0 Å². The molecule has 18 heavy (non-hydrogen) atoms. The lowest BCUT2D eigenvalue weighted by Gasteiger charge is -2.22. The maximum absolute atomic E-state index is 9.18. The fourth-order valence-electron chi connectivity index (χ4n) is 1.84. The van der Waals surface area contributed by atoms with E-state index < -0.39 is 0 Å². The molecule has 1 unspecified atom stereocenters. The van der Waals surface area contributed by atoms with Crippen LogP contribution < -0.4 is 4.74 Å². The standard InChI is InChI=1S/C12H18N2O4/c1-16-12-9(7-15)6-10(13-14-12)8-18-11-4-2-3-5-17-11/h6,11,15H,2-5,7-8H2,1H3. The molecular formula is C12H18N2O4. The Hall–Kier alpha value is -1.24. The van der Waals surface area contributed by atoms with Gasteiger partial charge in [0.05, 0.1) is 26.0 Å². The zero-order valence-electron chi connectivity index (χ0n) is 10.5. The number of aromatic nitrogens is 2. The monoisotopic (exact) mass is 254 g/mol. The molecule has 1 aliphatic rings. The molecule has 2 rings (SSSR count). The van der Waals surface area contributed by atoms with Crippen molar-refractivity contribution in [3.63, 3.8) is 0 Å². The van der Waals surface area contributed by atoms with Gasteiger partial charge in [0, 0.05) is 12.2 Å². The van der Waals surface area contributed by atoms with Crippen LogP contribution in [0.2, 0.25) is 0 Å². The predicted molar refractivity (Wildman–Crippen MR) is 62.9 cm³/mol. The van der Waals surface area contributed by atoms with E-state index in [1.54, 1.807) is 6.07 Å². The normalized spacial score (nSPS) is 19.8. The summed E-state index contributed by atoms with van der Waals surface area (Å²) in [5, 5.41) is 17.0. The van der Waals surface area contributed by atoms with E-state index in [1.165, 1.54) is 7.11 Å². The molecule has 6 nitrogen and oxygen atoms in total. The van der Waals surface area contributed by atoms with Gasteiger partial charge in [-0.1, -0.05) is 0 Å². The molecule has 1 N–H and O–H groups in total. The summed E-state index contributed by atoms with van der Waals surface area (Å²) in [6, 6.07) is 1.73. The van der Waals surface area contributed by atoms with Crippen LogP contribution in [0.15, 0.2) is 6.07 Å². The summed E-state index contributed by atoms with van der Waals surface area (Å²) in [5.41, 5.74) is 1.27. The van der Waals surface area contributed by atoms with Crippen molar-refractivity contribution in [3.8, 4) is 5.88 Å². The third-order valence-electron chi connectivity index (χ3n) is 2.80. The fraction of sp³-hybridized carbons (Fsp3) is 0.667. The molecule has 0 radical (unpaired) electrons. The molecule has 2 heterocycles. The zero-order valence-corrected chi connectivity index (χ0v) is 10.5. The van der Waals surface area contributed by atoms with Crippen molar-refractivity contribution in [2.75, 3.05) is 13.7 Å². The van der Waals surface area contributed by atoms with Crippen LogP contribution in [0.3, 0.4) is 0 Å². The van der Waals surface area contributed by atoms with Crippen LogP contribution in [0.25, 0.3) is 0 Å². The molecular weight excluding hydrogens is 236 g/mol. The Morgan fingerprint density at radius 2 is 2.33 bits per heavy atom. The summed E-state index contributed by atoms with van der Waals surface area (Å²) in [6.45, 7) is 0.946. The Morgan fingerprint density at radius 3 is 3.00 bits per heavy atom. The van der Waals surface area contributed by atoms with Gasteiger partial charge in [-0.25, -0.2) is 0 Å². The molecule has 100 valence electrons. The van der Waals surface area contributed by atoms with E-state index in [2.05, 4.69) is 10.2 Å². The molecule has 0 spiro atoms. The third kappa shape index (κ3) is 3.38. The summed E-state index contributed by atoms with van der Waals surface area (Å²) in [5.74, 6) is 0.343. The van der Waals surface area contributed by atoms with Gasteiger partial charge in [-0.15, -0.1) is 10.2 Å². The van der Waals surface area contributed by atoms with Gasteiger partial charge >= 0.3 is 0 Å². The van der Waals surface area contributed by atoms with Gasteiger partial charge in [-0.3, -0.25) is 0 Å². The van der Waals surface area contributed by atoms with Crippen LogP contribution in [-0.2, 0) is 22.7 Å². The summed E-state index contributed by atoms with van der Waals surface area (Å²) < 4.78 is 16.0. The average molecular weight is 254 g/mol. The number of ether oxygens (including phenoxy) is 3. The molecule has 0 bridgehead atoms. The van der Waals surface area contributed by atoms with E-state index in [0.29, 0.717) is 23.7 Å². The minimum absolute atomic E-state index is 0.133. The lowest BCUT2D eigenvalue weighted by atomic mass is 10.2. The molecule has 1 atom stereocenters. The second kappa shape index (κ2) is 6.63. The summed E-state index contributed by atoms with van der Waals surface area (Å²) in [7, 11) is 1.50. The second-order valence-corrected chi connectivity index (χ2v) is 4.14. The highest BCUT2D eigenvalue weighted by Crippen LogP contribution is 2.17. The maximum Gasteiger partial charge on any atom is 0.238 e. The average Bonchev–Trinajstić information content (AvgIpc) is 2.45. The summed E-state index contributed by atoms with van der Waals surface area (Å²) in [6.07, 6.45) is 2.98. The Kier molecular flexibility index (Phi) is 4.86. The number of nitrogens with zero attached hydrogens (tertiary/aromatic N) is 2. The molecule has 1 aromatic rings. The first-order valence-electron chi connectivity index (χ1n) is 6.07. The molecule has 6 heteroatoms. The molecule has 1 aromatic heterocycles. The Balaban J connectivity index is 1.92. The van der Waals surface area contributed by atoms with Crippen molar-refractivity contribution in [2.45, 2.75) is 38.8 Å². The number of aliphatic hydroxyl groups is 1. The lowest BCUT2D eigenvalue weighted by Crippen LogP contribution is -2.22. The van der Waals surface area contributed by atoms with Gasteiger partial charge in [-0.2, -0.15) is 0 Å². The Labute approximate surface area is 106 Å². The highest BCUT2D eigenvalue weighted by atomic mass is 16.7. The van der Waals surface area contributed by atoms with Gasteiger partial charge in [0.15, 0.2) is 6.29 Å². The topological polar surface area (TPSA) is 73.7 Å². The number of hydrogen-bond acceptors (Lipinski definition) is 6. The zero-order chi connectivity index (χ0) is 12.8. The van der Waals surface area contributed by atoms with Crippen LogP contribution in [0, 0.1) is 0 Å². The minimum Gasteiger partial charge on any atom is -0.480 e. The molecule has 0 aliphatic carbocycles. The molecule has 0 amide bonds. The molecule has 1 aliphatic heterocycles. The molecule has 1 saturated heterocycles. The van der Waals surface area contributed by atoms with Crippen LogP contribution in [-0.4, -0.2) is 35.3 Å². The smallest absolute Gasteiger partial charge is 0.238 e. The molecule has 0 aromatic carbocycles. The Bertz CT molecular complexity index is 380. The van der Waals surface area contributed by atoms with E-state index in [0.717, 1.165) is 25.9 Å². The van der Waals surface area contributed by atoms with Crippen LogP contribution in [0.1, 0.15) is 30.5 Å². The van der Waals surface area contributed by atoms with Crippen LogP contribution in [0.4, 0.5) is 0 Å². The van der Waals surface area contributed by atoms with E-state index in [-0.39, 0.29) is 12.9 Å². The maximum atomic E-state index is 9.18. The summed E-state index contributed by atoms with van der Waals surface area (Å²) >= 11 is 0. The van der Waals surface area contributed by atoms with Crippen LogP contribution in [0.5, 0.6) is 5.88 Å². The minimum atomic E-state index is -0.153. The first-order chi connectivity index (χ1) is 8.83. The van der Waals surface area contributed by atoms with Gasteiger partial charge in [0.1, 0.15) is 0 Å². The second-order valence-electron chi connectivity index (χ2n) is 4.14. The van der Waals surface area contributed by atoms with Gasteiger partial charge in [-0.05, 0) is 25.3 Å². The van der Waals surface area contributed by atoms with Crippen molar-refractivity contribution in [1.82, 2.24) is 10.2 Å². The van der Waals surface area contributed by atoms with E-state index in [1.807, 2.05) is 0 Å². The number of methoxy groups -OCH3 is 1. The number of aliphatic hydroxyl groups excluding tert-OH is 1.